The van der Waals surface area contributed by atoms with Crippen molar-refractivity contribution >= 4 is 11.6 Å². The zero-order chi connectivity index (χ0) is 19.2. The molecule has 1 aliphatic heterocycles. The smallest absolute Gasteiger partial charge is 0.224 e. The molecular formula is C22H30N4O. The third-order valence-electron chi connectivity index (χ3n) is 5.54. The van der Waals surface area contributed by atoms with Gasteiger partial charge in [-0.25, -0.2) is 0 Å². The van der Waals surface area contributed by atoms with Crippen molar-refractivity contribution in [3.8, 4) is 0 Å². The van der Waals surface area contributed by atoms with E-state index in [1.165, 1.54) is 11.3 Å². The average molecular weight is 367 g/mol. The number of hydrogen-bond acceptors (Lipinski definition) is 4. The van der Waals surface area contributed by atoms with Gasteiger partial charge in [0.2, 0.25) is 5.91 Å². The SMILES string of the molecule is Cc1cccc(N2CCN(CCC(=O)N(C)[C@@H](C)c3ccncc3)CC2)c1. The van der Waals surface area contributed by atoms with Gasteiger partial charge in [0.25, 0.3) is 0 Å². The van der Waals surface area contributed by atoms with E-state index in [9.17, 15) is 4.79 Å². The molecule has 1 atom stereocenters. The van der Waals surface area contributed by atoms with Crippen LogP contribution in [0.4, 0.5) is 5.69 Å². The number of aryl methyl sites for hydroxylation is 1. The second-order valence-electron chi connectivity index (χ2n) is 7.38. The fourth-order valence-corrected chi connectivity index (χ4v) is 3.57. The lowest BCUT2D eigenvalue weighted by Gasteiger charge is -2.36. The molecule has 0 unspecified atom stereocenters. The van der Waals surface area contributed by atoms with Gasteiger partial charge in [-0.05, 0) is 49.2 Å². The Bertz CT molecular complexity index is 741. The summed E-state index contributed by atoms with van der Waals surface area (Å²) in [7, 11) is 1.89. The molecule has 0 N–H and O–H groups in total. The Labute approximate surface area is 162 Å². The Morgan fingerprint density at radius 3 is 2.52 bits per heavy atom. The molecular weight excluding hydrogens is 336 g/mol. The lowest BCUT2D eigenvalue weighted by molar-refractivity contribution is -0.132. The van der Waals surface area contributed by atoms with Gasteiger partial charge in [0, 0.05) is 64.3 Å². The van der Waals surface area contributed by atoms with Crippen LogP contribution >= 0.6 is 0 Å². The molecule has 1 saturated heterocycles. The zero-order valence-electron chi connectivity index (χ0n) is 16.6. The van der Waals surface area contributed by atoms with Crippen molar-refractivity contribution < 1.29 is 4.79 Å². The molecule has 0 bridgehead atoms. The van der Waals surface area contributed by atoms with Gasteiger partial charge in [-0.2, -0.15) is 0 Å². The lowest BCUT2D eigenvalue weighted by Crippen LogP contribution is -2.47. The number of benzene rings is 1. The number of piperazine rings is 1. The van der Waals surface area contributed by atoms with Crippen LogP contribution in [0.2, 0.25) is 0 Å². The van der Waals surface area contributed by atoms with E-state index in [2.05, 4.69) is 52.9 Å². The monoisotopic (exact) mass is 366 g/mol. The molecule has 144 valence electrons. The number of hydrogen-bond donors (Lipinski definition) is 0. The molecule has 1 amide bonds. The van der Waals surface area contributed by atoms with Crippen molar-refractivity contribution in [2.75, 3.05) is 44.7 Å². The molecule has 0 spiro atoms. The highest BCUT2D eigenvalue weighted by molar-refractivity contribution is 5.76. The molecule has 1 aromatic carbocycles. The Morgan fingerprint density at radius 2 is 1.85 bits per heavy atom. The molecule has 5 nitrogen and oxygen atoms in total. The second kappa shape index (κ2) is 9.00. The van der Waals surface area contributed by atoms with Crippen LogP contribution in [0.25, 0.3) is 0 Å². The van der Waals surface area contributed by atoms with Crippen LogP contribution in [0.1, 0.15) is 30.5 Å². The van der Waals surface area contributed by atoms with Gasteiger partial charge < -0.3 is 9.80 Å². The predicted molar refractivity (Wildman–Crippen MR) is 110 cm³/mol. The van der Waals surface area contributed by atoms with Gasteiger partial charge in [0.1, 0.15) is 0 Å². The molecule has 5 heteroatoms. The molecule has 0 saturated carbocycles. The fourth-order valence-electron chi connectivity index (χ4n) is 3.57. The minimum atomic E-state index is 0.0682. The number of nitrogens with zero attached hydrogens (tertiary/aromatic N) is 4. The van der Waals surface area contributed by atoms with E-state index in [0.29, 0.717) is 6.42 Å². The lowest BCUT2D eigenvalue weighted by atomic mass is 10.1. The summed E-state index contributed by atoms with van der Waals surface area (Å²) in [5.41, 5.74) is 3.72. The maximum absolute atomic E-state index is 12.6. The first-order valence-corrected chi connectivity index (χ1v) is 9.74. The quantitative estimate of drug-likeness (QED) is 0.787. The normalized spacial score (nSPS) is 16.2. The number of aromatic nitrogens is 1. The van der Waals surface area contributed by atoms with Gasteiger partial charge in [-0.1, -0.05) is 12.1 Å². The highest BCUT2D eigenvalue weighted by Gasteiger charge is 2.21. The van der Waals surface area contributed by atoms with Crippen molar-refractivity contribution in [3.63, 3.8) is 0 Å². The van der Waals surface area contributed by atoms with Crippen LogP contribution in [0.3, 0.4) is 0 Å². The topological polar surface area (TPSA) is 39.7 Å². The summed E-state index contributed by atoms with van der Waals surface area (Å²) in [5.74, 6) is 0.195. The van der Waals surface area contributed by atoms with Gasteiger partial charge >= 0.3 is 0 Å². The summed E-state index contributed by atoms with van der Waals surface area (Å²) in [6.45, 7) is 9.06. The van der Waals surface area contributed by atoms with E-state index in [1.807, 2.05) is 24.1 Å². The first-order valence-electron chi connectivity index (χ1n) is 9.74. The summed E-state index contributed by atoms with van der Waals surface area (Å²) in [5, 5.41) is 0. The Kier molecular flexibility index (Phi) is 6.45. The number of amides is 1. The van der Waals surface area contributed by atoms with E-state index in [0.717, 1.165) is 38.3 Å². The van der Waals surface area contributed by atoms with Crippen molar-refractivity contribution in [2.24, 2.45) is 0 Å². The van der Waals surface area contributed by atoms with Gasteiger partial charge in [0.05, 0.1) is 6.04 Å². The van der Waals surface area contributed by atoms with Crippen LogP contribution in [-0.2, 0) is 4.79 Å². The molecule has 2 aromatic rings. The van der Waals surface area contributed by atoms with Gasteiger partial charge in [-0.15, -0.1) is 0 Å². The maximum Gasteiger partial charge on any atom is 0.224 e. The largest absolute Gasteiger partial charge is 0.369 e. The van der Waals surface area contributed by atoms with Crippen molar-refractivity contribution in [1.82, 2.24) is 14.8 Å². The first-order chi connectivity index (χ1) is 13.0. The molecule has 0 radical (unpaired) electrons. The molecule has 0 aliphatic carbocycles. The number of carbonyl (C=O) groups is 1. The Morgan fingerprint density at radius 1 is 1.15 bits per heavy atom. The second-order valence-corrected chi connectivity index (χ2v) is 7.38. The minimum Gasteiger partial charge on any atom is -0.369 e. The average Bonchev–Trinajstić information content (AvgIpc) is 2.72. The van der Waals surface area contributed by atoms with Crippen LogP contribution in [0, 0.1) is 6.92 Å². The molecule has 27 heavy (non-hydrogen) atoms. The first kappa shape index (κ1) is 19.4. The van der Waals surface area contributed by atoms with Gasteiger partial charge in [0.15, 0.2) is 0 Å². The predicted octanol–water partition coefficient (Wildman–Crippen LogP) is 3.12. The van der Waals surface area contributed by atoms with E-state index in [-0.39, 0.29) is 11.9 Å². The van der Waals surface area contributed by atoms with Crippen molar-refractivity contribution in [2.45, 2.75) is 26.3 Å². The molecule has 1 aromatic heterocycles. The highest BCUT2D eigenvalue weighted by Crippen LogP contribution is 2.20. The molecule has 1 aliphatic rings. The van der Waals surface area contributed by atoms with E-state index in [1.54, 1.807) is 12.4 Å². The number of pyridine rings is 1. The third-order valence-corrected chi connectivity index (χ3v) is 5.54. The van der Waals surface area contributed by atoms with Crippen LogP contribution in [0.5, 0.6) is 0 Å². The highest BCUT2D eigenvalue weighted by atomic mass is 16.2. The number of rotatable bonds is 6. The summed E-state index contributed by atoms with van der Waals surface area (Å²) in [6, 6.07) is 12.7. The summed E-state index contributed by atoms with van der Waals surface area (Å²) < 4.78 is 0. The zero-order valence-corrected chi connectivity index (χ0v) is 16.6. The van der Waals surface area contributed by atoms with Crippen molar-refractivity contribution in [1.29, 1.82) is 0 Å². The number of carbonyl (C=O) groups excluding carboxylic acids is 1. The standard InChI is InChI=1S/C22H30N4O/c1-18-5-4-6-21(17-18)26-15-13-25(14-16-26)12-9-22(27)24(3)19(2)20-7-10-23-11-8-20/h4-8,10-11,17,19H,9,12-16H2,1-3H3/t19-/m0/s1. The molecule has 1 fully saturated rings. The van der Waals surface area contributed by atoms with Gasteiger partial charge in [-0.3, -0.25) is 14.7 Å². The summed E-state index contributed by atoms with van der Waals surface area (Å²) >= 11 is 0. The van der Waals surface area contributed by atoms with Crippen LogP contribution in [-0.4, -0.2) is 60.5 Å². The molecule has 3 rings (SSSR count). The summed E-state index contributed by atoms with van der Waals surface area (Å²) in [6.07, 6.45) is 4.12. The molecule has 2 heterocycles. The van der Waals surface area contributed by atoms with Crippen LogP contribution in [0.15, 0.2) is 48.8 Å². The van der Waals surface area contributed by atoms with E-state index >= 15 is 0 Å². The third kappa shape index (κ3) is 5.07. The fraction of sp³-hybridized carbons (Fsp3) is 0.455. The van der Waals surface area contributed by atoms with E-state index < -0.39 is 0 Å². The minimum absolute atomic E-state index is 0.0682. The van der Waals surface area contributed by atoms with Crippen LogP contribution < -0.4 is 4.90 Å². The number of anilines is 1. The summed E-state index contributed by atoms with van der Waals surface area (Å²) in [4.78, 5) is 23.3. The Balaban J connectivity index is 1.45. The van der Waals surface area contributed by atoms with E-state index in [4.69, 9.17) is 0 Å². The Hall–Kier alpha value is -2.40. The van der Waals surface area contributed by atoms with Crippen molar-refractivity contribution in [3.05, 3.63) is 59.9 Å². The maximum atomic E-state index is 12.6.